The lowest BCUT2D eigenvalue weighted by molar-refractivity contribution is 0.0746. The van der Waals surface area contributed by atoms with Crippen LogP contribution in [0.4, 0.5) is 10.1 Å². The average Bonchev–Trinajstić information content (AvgIpc) is 2.93. The van der Waals surface area contributed by atoms with Crippen LogP contribution in [0.15, 0.2) is 72.8 Å². The van der Waals surface area contributed by atoms with Crippen LogP contribution in [-0.2, 0) is 0 Å². The maximum Gasteiger partial charge on any atom is 0.254 e. The van der Waals surface area contributed by atoms with Gasteiger partial charge in [0, 0.05) is 60.0 Å². The van der Waals surface area contributed by atoms with E-state index in [0.717, 1.165) is 16.6 Å². The van der Waals surface area contributed by atoms with E-state index in [-0.39, 0.29) is 17.5 Å². The second-order valence-corrected chi connectivity index (χ2v) is 9.06. The van der Waals surface area contributed by atoms with Gasteiger partial charge in [0.15, 0.2) is 5.78 Å². The number of carbonyl (C=O) groups excluding carboxylic acids is 2. The van der Waals surface area contributed by atoms with Crippen LogP contribution in [0.5, 0.6) is 5.75 Å². The first-order valence-electron chi connectivity index (χ1n) is 12.4. The van der Waals surface area contributed by atoms with E-state index in [2.05, 4.69) is 4.90 Å². The highest BCUT2D eigenvalue weighted by molar-refractivity contribution is 6.00. The summed E-state index contributed by atoms with van der Waals surface area (Å²) in [5.41, 5.74) is 4.51. The van der Waals surface area contributed by atoms with Crippen molar-refractivity contribution in [2.45, 2.75) is 13.8 Å². The Bertz CT molecular complexity index is 1440. The second-order valence-electron chi connectivity index (χ2n) is 9.06. The summed E-state index contributed by atoms with van der Waals surface area (Å²) in [6.45, 7) is 6.57. The molecular weight excluding hydrogens is 469 g/mol. The number of anilines is 1. The number of benzene rings is 3. The Labute approximate surface area is 215 Å². The second kappa shape index (κ2) is 10.4. The summed E-state index contributed by atoms with van der Waals surface area (Å²) in [5.74, 6) is 0.356. The molecule has 1 fully saturated rings. The highest BCUT2D eigenvalue weighted by Crippen LogP contribution is 2.31. The van der Waals surface area contributed by atoms with E-state index in [0.29, 0.717) is 60.9 Å². The number of hydrogen-bond acceptors (Lipinski definition) is 5. The van der Waals surface area contributed by atoms with E-state index in [9.17, 15) is 14.0 Å². The van der Waals surface area contributed by atoms with Crippen molar-refractivity contribution in [3.63, 3.8) is 0 Å². The zero-order valence-electron chi connectivity index (χ0n) is 20.9. The number of aromatic nitrogens is 1. The molecule has 0 spiro atoms. The predicted molar refractivity (Wildman–Crippen MR) is 143 cm³/mol. The fraction of sp³-hybridized carbons (Fsp3) is 0.233. The van der Waals surface area contributed by atoms with Gasteiger partial charge in [-0.2, -0.15) is 0 Å². The van der Waals surface area contributed by atoms with Gasteiger partial charge in [0.25, 0.3) is 5.91 Å². The van der Waals surface area contributed by atoms with Gasteiger partial charge in [-0.1, -0.05) is 0 Å². The van der Waals surface area contributed by atoms with Gasteiger partial charge in [0.2, 0.25) is 0 Å². The molecule has 2 heterocycles. The first-order chi connectivity index (χ1) is 17.9. The highest BCUT2D eigenvalue weighted by atomic mass is 19.1. The van der Waals surface area contributed by atoms with E-state index in [1.54, 1.807) is 25.1 Å². The number of carbonyl (C=O) groups is 2. The van der Waals surface area contributed by atoms with Crippen molar-refractivity contribution in [3.05, 3.63) is 89.7 Å². The summed E-state index contributed by atoms with van der Waals surface area (Å²) in [6.07, 6.45) is 0. The molecule has 4 aromatic rings. The third kappa shape index (κ3) is 5.16. The van der Waals surface area contributed by atoms with Crippen molar-refractivity contribution in [2.24, 2.45) is 0 Å². The van der Waals surface area contributed by atoms with Crippen molar-refractivity contribution in [2.75, 3.05) is 37.7 Å². The smallest absolute Gasteiger partial charge is 0.254 e. The largest absolute Gasteiger partial charge is 0.493 e. The van der Waals surface area contributed by atoms with Crippen LogP contribution >= 0.6 is 0 Å². The molecule has 0 bridgehead atoms. The van der Waals surface area contributed by atoms with Crippen LogP contribution in [0, 0.1) is 5.82 Å². The molecule has 1 amide bonds. The lowest BCUT2D eigenvalue weighted by Gasteiger charge is -2.36. The van der Waals surface area contributed by atoms with Crippen molar-refractivity contribution in [3.8, 4) is 17.0 Å². The number of pyridine rings is 1. The topological polar surface area (TPSA) is 62.7 Å². The molecule has 3 aromatic carbocycles. The van der Waals surface area contributed by atoms with Gasteiger partial charge in [-0.15, -0.1) is 0 Å². The third-order valence-electron chi connectivity index (χ3n) is 6.66. The molecule has 0 radical (unpaired) electrons. The molecule has 0 unspecified atom stereocenters. The average molecular weight is 498 g/mol. The quantitative estimate of drug-likeness (QED) is 0.324. The standard InChI is InChI=1S/C30H28FN3O3/c1-3-37-29-19-28(22-4-9-24(31)10-5-22)32-27-13-8-23(18-26(27)29)30(36)34-16-14-33(15-17-34)25-11-6-21(7-12-25)20(2)35/h4-13,18-19H,3,14-17H2,1-2H3. The summed E-state index contributed by atoms with van der Waals surface area (Å²) in [4.78, 5) is 33.7. The lowest BCUT2D eigenvalue weighted by atomic mass is 10.1. The predicted octanol–water partition coefficient (Wildman–Crippen LogP) is 5.60. The summed E-state index contributed by atoms with van der Waals surface area (Å²) in [6, 6.07) is 21.1. The summed E-state index contributed by atoms with van der Waals surface area (Å²) < 4.78 is 19.3. The zero-order chi connectivity index (χ0) is 25.9. The van der Waals surface area contributed by atoms with Gasteiger partial charge in [-0.3, -0.25) is 9.59 Å². The first-order valence-corrected chi connectivity index (χ1v) is 12.4. The number of ether oxygens (including phenoxy) is 1. The Morgan fingerprint density at radius 1 is 0.892 bits per heavy atom. The molecule has 0 atom stereocenters. The molecule has 6 nitrogen and oxygen atoms in total. The van der Waals surface area contributed by atoms with Crippen LogP contribution in [0.25, 0.3) is 22.2 Å². The van der Waals surface area contributed by atoms with Gasteiger partial charge in [0.05, 0.1) is 17.8 Å². The van der Waals surface area contributed by atoms with Gasteiger partial charge >= 0.3 is 0 Å². The normalized spacial score (nSPS) is 13.6. The van der Waals surface area contributed by atoms with E-state index in [1.807, 2.05) is 54.3 Å². The van der Waals surface area contributed by atoms with E-state index >= 15 is 0 Å². The van der Waals surface area contributed by atoms with Crippen molar-refractivity contribution < 1.29 is 18.7 Å². The van der Waals surface area contributed by atoms with Crippen LogP contribution in [-0.4, -0.2) is 54.4 Å². The molecule has 0 N–H and O–H groups in total. The molecule has 1 saturated heterocycles. The SMILES string of the molecule is CCOc1cc(-c2ccc(F)cc2)nc2ccc(C(=O)N3CCN(c4ccc(C(C)=O)cc4)CC3)cc12. The van der Waals surface area contributed by atoms with Crippen molar-refractivity contribution in [1.82, 2.24) is 9.88 Å². The molecule has 37 heavy (non-hydrogen) atoms. The van der Waals surface area contributed by atoms with Gasteiger partial charge in [-0.25, -0.2) is 9.37 Å². The number of amides is 1. The Balaban J connectivity index is 1.35. The molecular formula is C30H28FN3O3. The molecule has 7 heteroatoms. The van der Waals surface area contributed by atoms with Gasteiger partial charge in [-0.05, 0) is 80.6 Å². The first kappa shape index (κ1) is 24.4. The minimum atomic E-state index is -0.301. The van der Waals surface area contributed by atoms with Crippen LogP contribution in [0.2, 0.25) is 0 Å². The molecule has 0 saturated carbocycles. The zero-order valence-corrected chi connectivity index (χ0v) is 20.9. The van der Waals surface area contributed by atoms with Crippen molar-refractivity contribution >= 4 is 28.3 Å². The van der Waals surface area contributed by atoms with Gasteiger partial charge < -0.3 is 14.5 Å². The number of Topliss-reactive ketones (excluding diaryl/α,β-unsaturated/α-hetero) is 1. The molecule has 5 rings (SSSR count). The Kier molecular flexibility index (Phi) is 6.86. The van der Waals surface area contributed by atoms with Crippen molar-refractivity contribution in [1.29, 1.82) is 0 Å². The summed E-state index contributed by atoms with van der Waals surface area (Å²) in [5, 5.41) is 0.766. The molecule has 1 aromatic heterocycles. The van der Waals surface area contributed by atoms with E-state index in [1.165, 1.54) is 12.1 Å². The lowest BCUT2D eigenvalue weighted by Crippen LogP contribution is -2.48. The number of piperazine rings is 1. The number of halogens is 1. The number of nitrogens with zero attached hydrogens (tertiary/aromatic N) is 3. The minimum Gasteiger partial charge on any atom is -0.493 e. The van der Waals surface area contributed by atoms with Crippen LogP contribution in [0.1, 0.15) is 34.6 Å². The fourth-order valence-corrected chi connectivity index (χ4v) is 4.63. The van der Waals surface area contributed by atoms with Gasteiger partial charge in [0.1, 0.15) is 11.6 Å². The third-order valence-corrected chi connectivity index (χ3v) is 6.66. The van der Waals surface area contributed by atoms with E-state index < -0.39 is 0 Å². The fourth-order valence-electron chi connectivity index (χ4n) is 4.63. The van der Waals surface area contributed by atoms with Crippen LogP contribution in [0.3, 0.4) is 0 Å². The molecule has 0 aliphatic carbocycles. The number of ketones is 1. The molecule has 1 aliphatic heterocycles. The van der Waals surface area contributed by atoms with Crippen LogP contribution < -0.4 is 9.64 Å². The number of rotatable bonds is 6. The molecule has 1 aliphatic rings. The highest BCUT2D eigenvalue weighted by Gasteiger charge is 2.23. The Morgan fingerprint density at radius 2 is 1.57 bits per heavy atom. The number of hydrogen-bond donors (Lipinski definition) is 0. The maximum atomic E-state index is 13.4. The number of fused-ring (bicyclic) bond motifs is 1. The summed E-state index contributed by atoms with van der Waals surface area (Å²) in [7, 11) is 0. The Hall–Kier alpha value is -4.26. The molecule has 188 valence electrons. The summed E-state index contributed by atoms with van der Waals surface area (Å²) >= 11 is 0. The maximum absolute atomic E-state index is 13.4. The Morgan fingerprint density at radius 3 is 2.22 bits per heavy atom. The monoisotopic (exact) mass is 497 g/mol. The minimum absolute atomic E-state index is 0.0291. The van der Waals surface area contributed by atoms with E-state index in [4.69, 9.17) is 9.72 Å².